The number of hydrogen-bond donors (Lipinski definition) is 2. The second-order valence-electron chi connectivity index (χ2n) is 27.0. The Kier molecular flexibility index (Phi) is 19.7. The van der Waals surface area contributed by atoms with Crippen LogP contribution in [0.3, 0.4) is 0 Å². The molecule has 6 aliphatic rings. The van der Waals surface area contributed by atoms with E-state index in [1.165, 1.54) is 30.4 Å². The summed E-state index contributed by atoms with van der Waals surface area (Å²) >= 11 is 0. The second-order valence-corrected chi connectivity index (χ2v) is 30.3. The van der Waals surface area contributed by atoms with E-state index in [0.29, 0.717) is 45.3 Å². The maximum absolute atomic E-state index is 14.8. The maximum atomic E-state index is 14.8. The molecule has 4 aromatic carbocycles. The number of pyridine rings is 2. The first kappa shape index (κ1) is 63.5. The fourth-order valence-corrected chi connectivity index (χ4v) is 18.5. The number of benzene rings is 4. The number of methoxy groups -OCH3 is 1. The molecular weight excluding hydrogens is 1080 g/mol. The molecule has 11 nitrogen and oxygen atoms in total. The summed E-state index contributed by atoms with van der Waals surface area (Å²) in [5.74, 6) is 3.91. The van der Waals surface area contributed by atoms with Crippen molar-refractivity contribution in [3.05, 3.63) is 148 Å². The van der Waals surface area contributed by atoms with Gasteiger partial charge in [-0.1, -0.05) is 138 Å². The summed E-state index contributed by atoms with van der Waals surface area (Å²) < 4.78 is 71.5. The van der Waals surface area contributed by atoms with Crippen molar-refractivity contribution in [1.82, 2.24) is 29.2 Å². The molecule has 6 aliphatic heterocycles. The van der Waals surface area contributed by atoms with Crippen LogP contribution in [0.15, 0.2) is 108 Å². The molecule has 0 amide bonds. The number of aryl methyl sites for hydroxylation is 1. The molecule has 6 aromatic rings. The number of hydrogen-bond acceptors (Lipinski definition) is 9. The van der Waals surface area contributed by atoms with Crippen molar-refractivity contribution in [1.29, 1.82) is 0 Å². The number of nitrogens with zero attached hydrogens (tertiary/aromatic N) is 4. The molecule has 4 bridgehead atoms. The topological polar surface area (TPSA) is 134 Å². The smallest absolute Gasteiger partial charge is 0.241 e. The predicted molar refractivity (Wildman–Crippen MR) is 347 cm³/mol. The van der Waals surface area contributed by atoms with Crippen LogP contribution < -0.4 is 14.2 Å². The third-order valence-corrected chi connectivity index (χ3v) is 22.5. The Hall–Kier alpha value is -5.02. The zero-order valence-corrected chi connectivity index (χ0v) is 54.8. The monoisotopic (exact) mass is 1180 g/mol. The van der Waals surface area contributed by atoms with E-state index >= 15 is 0 Å². The minimum atomic E-state index is -3.92. The first-order chi connectivity index (χ1) is 39.8. The highest BCUT2D eigenvalue weighted by atomic mass is 32.2. The number of nitrogens with one attached hydrogen (secondary N) is 2. The molecule has 13 heteroatoms. The summed E-state index contributed by atoms with van der Waals surface area (Å²) in [5.41, 5.74) is 10.8. The van der Waals surface area contributed by atoms with Crippen molar-refractivity contribution in [2.75, 3.05) is 33.3 Å². The number of fused-ring (bicyclic) bond motifs is 8. The Morgan fingerprint density at radius 2 is 1.02 bits per heavy atom. The lowest BCUT2D eigenvalue weighted by molar-refractivity contribution is -0.0147. The SMILES string of the molecule is C=CC1CN2CCC1C[C@H]2C(NS(=O)(=O)c1c(C(C)C)cc(C(C)C)cc1C(C)C)c1ccnc2ccc(OC)cc12.CCCC1CN2CCC1CC2C(NS(=O)(=O)c1c(C(C)C)cc(C(C)C)cc1C(C)C)c1ccnc2ccc(C)cc12. The molecule has 10 atom stereocenters. The molecule has 8 heterocycles. The van der Waals surface area contributed by atoms with Crippen LogP contribution >= 0.6 is 0 Å². The van der Waals surface area contributed by atoms with Gasteiger partial charge < -0.3 is 4.74 Å². The van der Waals surface area contributed by atoms with Gasteiger partial charge in [0.2, 0.25) is 20.0 Å². The van der Waals surface area contributed by atoms with E-state index in [2.05, 4.69) is 187 Å². The largest absolute Gasteiger partial charge is 0.497 e. The lowest BCUT2D eigenvalue weighted by Gasteiger charge is -2.52. The van der Waals surface area contributed by atoms with Gasteiger partial charge >= 0.3 is 0 Å². The Bertz CT molecular complexity index is 3500. The molecule has 0 spiro atoms. The summed E-state index contributed by atoms with van der Waals surface area (Å²) in [5, 5.41) is 1.96. The first-order valence-electron chi connectivity index (χ1n) is 31.6. The molecule has 0 radical (unpaired) electrons. The van der Waals surface area contributed by atoms with Crippen molar-refractivity contribution >= 4 is 41.9 Å². The molecule has 454 valence electrons. The zero-order chi connectivity index (χ0) is 60.7. The fourth-order valence-electron chi connectivity index (χ4n) is 14.6. The number of ether oxygens (including phenoxy) is 1. The summed E-state index contributed by atoms with van der Waals surface area (Å²) in [7, 11) is -6.13. The van der Waals surface area contributed by atoms with Crippen LogP contribution in [0.25, 0.3) is 21.8 Å². The van der Waals surface area contributed by atoms with Crippen LogP contribution in [0.5, 0.6) is 5.75 Å². The van der Waals surface area contributed by atoms with Gasteiger partial charge in [0.25, 0.3) is 0 Å². The van der Waals surface area contributed by atoms with Gasteiger partial charge in [0.05, 0.1) is 40.0 Å². The summed E-state index contributed by atoms with van der Waals surface area (Å²) in [6.45, 7) is 37.9. The van der Waals surface area contributed by atoms with Crippen LogP contribution in [0, 0.1) is 30.6 Å². The highest BCUT2D eigenvalue weighted by Gasteiger charge is 2.47. The Morgan fingerprint density at radius 3 is 1.42 bits per heavy atom. The molecule has 9 unspecified atom stereocenters. The van der Waals surface area contributed by atoms with Gasteiger partial charge in [-0.2, -0.15) is 0 Å². The molecular formula is C71H98N6O5S2. The maximum Gasteiger partial charge on any atom is 0.241 e. The van der Waals surface area contributed by atoms with E-state index in [9.17, 15) is 16.8 Å². The van der Waals surface area contributed by atoms with E-state index < -0.39 is 26.1 Å². The highest BCUT2D eigenvalue weighted by Crippen LogP contribution is 2.47. The quantitative estimate of drug-likeness (QED) is 0.0717. The van der Waals surface area contributed by atoms with Crippen molar-refractivity contribution in [3.63, 3.8) is 0 Å². The molecule has 0 saturated carbocycles. The first-order valence-corrected chi connectivity index (χ1v) is 34.6. The van der Waals surface area contributed by atoms with Crippen molar-refractivity contribution < 1.29 is 21.6 Å². The predicted octanol–water partition coefficient (Wildman–Crippen LogP) is 16.0. The van der Waals surface area contributed by atoms with Gasteiger partial charge in [0, 0.05) is 48.3 Å². The zero-order valence-electron chi connectivity index (χ0n) is 53.2. The molecule has 6 saturated heterocycles. The Balaban J connectivity index is 0.000000202. The van der Waals surface area contributed by atoms with Gasteiger partial charge in [-0.25, -0.2) is 26.3 Å². The third kappa shape index (κ3) is 13.1. The Labute approximate surface area is 505 Å². The second kappa shape index (κ2) is 26.1. The highest BCUT2D eigenvalue weighted by molar-refractivity contribution is 7.90. The third-order valence-electron chi connectivity index (χ3n) is 19.4. The average Bonchev–Trinajstić information content (AvgIpc) is 3.53. The van der Waals surface area contributed by atoms with Crippen LogP contribution in [0.1, 0.15) is 226 Å². The fraction of sp³-hybridized carbons (Fsp3) is 0.549. The van der Waals surface area contributed by atoms with E-state index in [0.717, 1.165) is 112 Å². The van der Waals surface area contributed by atoms with E-state index in [1.807, 2.05) is 30.5 Å². The lowest BCUT2D eigenvalue weighted by Crippen LogP contribution is -2.57. The molecule has 2 aromatic heterocycles. The van der Waals surface area contributed by atoms with Gasteiger partial charge in [-0.15, -0.1) is 6.58 Å². The van der Waals surface area contributed by atoms with Gasteiger partial charge in [-0.05, 0) is 198 Å². The molecule has 84 heavy (non-hydrogen) atoms. The normalized spacial score (nSPS) is 23.3. The number of sulfonamides is 2. The van der Waals surface area contributed by atoms with E-state index in [1.54, 1.807) is 13.3 Å². The summed E-state index contributed by atoms with van der Waals surface area (Å²) in [6.07, 6.45) is 12.4. The van der Waals surface area contributed by atoms with Gasteiger partial charge in [0.15, 0.2) is 0 Å². The molecule has 6 fully saturated rings. The number of rotatable bonds is 20. The van der Waals surface area contributed by atoms with Crippen LogP contribution in [0.4, 0.5) is 0 Å². The number of aromatic nitrogens is 2. The molecule has 12 rings (SSSR count). The van der Waals surface area contributed by atoms with Crippen LogP contribution in [0.2, 0.25) is 0 Å². The lowest BCUT2D eigenvalue weighted by atomic mass is 9.71. The van der Waals surface area contributed by atoms with Crippen molar-refractivity contribution in [2.45, 2.75) is 205 Å². The summed E-state index contributed by atoms with van der Waals surface area (Å²) in [4.78, 5) is 15.3. The van der Waals surface area contributed by atoms with Crippen LogP contribution in [-0.4, -0.2) is 82.0 Å². The van der Waals surface area contributed by atoms with E-state index in [-0.39, 0.29) is 41.8 Å². The van der Waals surface area contributed by atoms with Gasteiger partial charge in [0.1, 0.15) is 5.75 Å². The van der Waals surface area contributed by atoms with Crippen molar-refractivity contribution in [3.8, 4) is 5.75 Å². The standard InChI is InChI=1S/C36H51N3O2S.C35H47N3O3S/c1-9-10-27-21-39-16-14-26(27)20-34(39)35(29-13-15-37-33-12-11-25(8)17-32(29)33)38-42(40,41)36-30(23(4)5)18-28(22(2)3)19-31(36)24(6)7;1-9-24-20-38-15-13-25(24)18-33(38)34(28-12-14-36-32-11-10-27(41-8)19-31(28)32)37-42(39,40)35-29(22(4)5)16-26(21(2)3)17-30(35)23(6)7/h11-13,15,17-19,22-24,26-27,34-35,38H,9-10,14,16,20-21H2,1-8H3;9-12,14,16-17,19,21-25,33-34,37H,1,13,15,18,20H2,2-8H3/t;24?,25?,33-,34?/m.0/s1. The van der Waals surface area contributed by atoms with E-state index in [4.69, 9.17) is 4.74 Å². The summed E-state index contributed by atoms with van der Waals surface area (Å²) in [6, 6.07) is 24.0. The average molecular weight is 1180 g/mol. The minimum Gasteiger partial charge on any atom is -0.497 e. The Morgan fingerprint density at radius 1 is 0.583 bits per heavy atom. The minimum absolute atomic E-state index is 0.0199. The molecule has 2 N–H and O–H groups in total. The van der Waals surface area contributed by atoms with Gasteiger partial charge in [-0.3, -0.25) is 19.8 Å². The molecule has 0 aliphatic carbocycles. The van der Waals surface area contributed by atoms with Crippen molar-refractivity contribution in [2.24, 2.45) is 23.7 Å². The van der Waals surface area contributed by atoms with Crippen LogP contribution in [-0.2, 0) is 20.0 Å². The number of piperidine rings is 6.